The number of likely N-dealkylation sites (tertiary alicyclic amines) is 1. The highest BCUT2D eigenvalue weighted by Crippen LogP contribution is 2.18. The van der Waals surface area contributed by atoms with Crippen LogP contribution in [-0.4, -0.2) is 47.0 Å². The van der Waals surface area contributed by atoms with Gasteiger partial charge in [-0.2, -0.15) is 0 Å². The third kappa shape index (κ3) is 2.44. The van der Waals surface area contributed by atoms with Gasteiger partial charge >= 0.3 is 0 Å². The van der Waals surface area contributed by atoms with E-state index in [0.29, 0.717) is 6.54 Å². The van der Waals surface area contributed by atoms with Crippen molar-refractivity contribution in [3.8, 4) is 0 Å². The Kier molecular flexibility index (Phi) is 3.98. The summed E-state index contributed by atoms with van der Waals surface area (Å²) in [5, 5.41) is 18.2. The Morgan fingerprint density at radius 1 is 1.50 bits per heavy atom. The predicted octanol–water partition coefficient (Wildman–Crippen LogP) is 0.214. The van der Waals surface area contributed by atoms with Crippen LogP contribution < -0.4 is 0 Å². The summed E-state index contributed by atoms with van der Waals surface area (Å²) in [5.74, 6) is 0. The fourth-order valence-corrected chi connectivity index (χ4v) is 1.97. The minimum Gasteiger partial charge on any atom is -0.395 e. The van der Waals surface area contributed by atoms with E-state index >= 15 is 0 Å². The van der Waals surface area contributed by atoms with Crippen molar-refractivity contribution in [2.75, 3.05) is 19.7 Å². The summed E-state index contributed by atoms with van der Waals surface area (Å²) < 4.78 is 0. The van der Waals surface area contributed by atoms with Gasteiger partial charge in [-0.25, -0.2) is 0 Å². The SMILES string of the molecule is C[C@H](O)[C@H]1CCCCN1CCO. The summed E-state index contributed by atoms with van der Waals surface area (Å²) in [6.45, 7) is 3.76. The Labute approximate surface area is 74.0 Å². The van der Waals surface area contributed by atoms with Gasteiger partial charge in [0.15, 0.2) is 0 Å². The van der Waals surface area contributed by atoms with Crippen molar-refractivity contribution >= 4 is 0 Å². The van der Waals surface area contributed by atoms with E-state index in [2.05, 4.69) is 4.90 Å². The molecule has 12 heavy (non-hydrogen) atoms. The first-order valence-corrected chi connectivity index (χ1v) is 4.78. The molecule has 0 bridgehead atoms. The van der Waals surface area contributed by atoms with E-state index in [4.69, 9.17) is 5.11 Å². The molecule has 0 aromatic heterocycles. The number of piperidine rings is 1. The fourth-order valence-electron chi connectivity index (χ4n) is 1.97. The first-order chi connectivity index (χ1) is 5.75. The van der Waals surface area contributed by atoms with Crippen molar-refractivity contribution in [2.45, 2.75) is 38.3 Å². The molecule has 1 saturated heterocycles. The van der Waals surface area contributed by atoms with Crippen molar-refractivity contribution < 1.29 is 10.2 Å². The lowest BCUT2D eigenvalue weighted by atomic mass is 9.98. The number of rotatable bonds is 3. The molecular weight excluding hydrogens is 154 g/mol. The minimum absolute atomic E-state index is 0.198. The second-order valence-electron chi connectivity index (χ2n) is 3.56. The van der Waals surface area contributed by atoms with Crippen molar-refractivity contribution in [3.63, 3.8) is 0 Å². The second-order valence-corrected chi connectivity index (χ2v) is 3.56. The third-order valence-corrected chi connectivity index (χ3v) is 2.61. The average Bonchev–Trinajstić information content (AvgIpc) is 2.05. The molecule has 0 spiro atoms. The molecule has 2 atom stereocenters. The molecule has 0 aromatic carbocycles. The van der Waals surface area contributed by atoms with E-state index in [0.717, 1.165) is 13.0 Å². The molecule has 0 aliphatic carbocycles. The molecule has 0 unspecified atom stereocenters. The third-order valence-electron chi connectivity index (χ3n) is 2.61. The van der Waals surface area contributed by atoms with Gasteiger partial charge in [0.25, 0.3) is 0 Å². The largest absolute Gasteiger partial charge is 0.395 e. The molecule has 1 fully saturated rings. The van der Waals surface area contributed by atoms with Crippen molar-refractivity contribution in [1.29, 1.82) is 0 Å². The van der Waals surface area contributed by atoms with Crippen LogP contribution in [0.25, 0.3) is 0 Å². The summed E-state index contributed by atoms with van der Waals surface area (Å²) in [6.07, 6.45) is 3.20. The Balaban J connectivity index is 2.42. The van der Waals surface area contributed by atoms with E-state index < -0.39 is 0 Å². The van der Waals surface area contributed by atoms with Gasteiger partial charge in [0.05, 0.1) is 12.7 Å². The summed E-state index contributed by atoms with van der Waals surface area (Å²) in [6, 6.07) is 0.269. The van der Waals surface area contributed by atoms with Crippen LogP contribution in [0, 0.1) is 0 Å². The molecule has 3 nitrogen and oxygen atoms in total. The average molecular weight is 173 g/mol. The highest BCUT2D eigenvalue weighted by molar-refractivity contribution is 4.80. The fraction of sp³-hybridized carbons (Fsp3) is 1.00. The van der Waals surface area contributed by atoms with Crippen LogP contribution in [-0.2, 0) is 0 Å². The topological polar surface area (TPSA) is 43.7 Å². The second kappa shape index (κ2) is 4.80. The van der Waals surface area contributed by atoms with E-state index in [1.807, 2.05) is 6.92 Å². The molecule has 72 valence electrons. The highest BCUT2D eigenvalue weighted by Gasteiger charge is 2.25. The molecule has 1 heterocycles. The number of nitrogens with zero attached hydrogens (tertiary/aromatic N) is 1. The molecule has 1 rings (SSSR count). The zero-order chi connectivity index (χ0) is 8.97. The van der Waals surface area contributed by atoms with Gasteiger partial charge in [0.1, 0.15) is 0 Å². The lowest BCUT2D eigenvalue weighted by molar-refractivity contribution is 0.0273. The van der Waals surface area contributed by atoms with Gasteiger partial charge in [-0.1, -0.05) is 6.42 Å². The summed E-state index contributed by atoms with van der Waals surface area (Å²) in [5.41, 5.74) is 0. The van der Waals surface area contributed by atoms with Crippen LogP contribution >= 0.6 is 0 Å². The minimum atomic E-state index is -0.267. The van der Waals surface area contributed by atoms with E-state index in [1.54, 1.807) is 0 Å². The van der Waals surface area contributed by atoms with Gasteiger partial charge in [-0.05, 0) is 26.3 Å². The van der Waals surface area contributed by atoms with Gasteiger partial charge in [-0.3, -0.25) is 4.90 Å². The zero-order valence-corrected chi connectivity index (χ0v) is 7.74. The monoisotopic (exact) mass is 173 g/mol. The molecule has 1 aliphatic rings. The Hall–Kier alpha value is -0.120. The number of β-amino-alcohol motifs (C(OH)–C–C–N with tert-alkyl or cyclic N) is 1. The van der Waals surface area contributed by atoms with Crippen molar-refractivity contribution in [3.05, 3.63) is 0 Å². The molecule has 0 aromatic rings. The van der Waals surface area contributed by atoms with Crippen molar-refractivity contribution in [1.82, 2.24) is 4.90 Å². The molecule has 0 saturated carbocycles. The van der Waals surface area contributed by atoms with Crippen LogP contribution in [0.1, 0.15) is 26.2 Å². The zero-order valence-electron chi connectivity index (χ0n) is 7.74. The predicted molar refractivity (Wildman–Crippen MR) is 48.0 cm³/mol. The number of hydrogen-bond acceptors (Lipinski definition) is 3. The van der Waals surface area contributed by atoms with E-state index in [9.17, 15) is 5.11 Å². The molecule has 3 heteroatoms. The Morgan fingerprint density at radius 2 is 2.25 bits per heavy atom. The van der Waals surface area contributed by atoms with Gasteiger partial charge in [0.2, 0.25) is 0 Å². The lowest BCUT2D eigenvalue weighted by Crippen LogP contribution is -2.46. The summed E-state index contributed by atoms with van der Waals surface area (Å²) in [4.78, 5) is 2.19. The maximum absolute atomic E-state index is 9.45. The first-order valence-electron chi connectivity index (χ1n) is 4.78. The standard InChI is InChI=1S/C9H19NO2/c1-8(12)9-4-2-3-5-10(9)6-7-11/h8-9,11-12H,2-7H2,1H3/t8-,9+/m0/s1. The van der Waals surface area contributed by atoms with Crippen LogP contribution in [0.3, 0.4) is 0 Å². The maximum atomic E-state index is 9.45. The Bertz CT molecular complexity index is 126. The number of hydrogen-bond donors (Lipinski definition) is 2. The molecule has 0 radical (unpaired) electrons. The molecule has 2 N–H and O–H groups in total. The van der Waals surface area contributed by atoms with E-state index in [1.165, 1.54) is 12.8 Å². The highest BCUT2D eigenvalue weighted by atomic mass is 16.3. The lowest BCUT2D eigenvalue weighted by Gasteiger charge is -2.36. The Morgan fingerprint density at radius 3 is 2.83 bits per heavy atom. The van der Waals surface area contributed by atoms with Crippen LogP contribution in [0.15, 0.2) is 0 Å². The quantitative estimate of drug-likeness (QED) is 0.641. The maximum Gasteiger partial charge on any atom is 0.0667 e. The van der Waals surface area contributed by atoms with Gasteiger partial charge in [-0.15, -0.1) is 0 Å². The van der Waals surface area contributed by atoms with Crippen LogP contribution in [0.4, 0.5) is 0 Å². The van der Waals surface area contributed by atoms with E-state index in [-0.39, 0.29) is 18.8 Å². The van der Waals surface area contributed by atoms with Gasteiger partial charge < -0.3 is 10.2 Å². The number of aliphatic hydroxyl groups excluding tert-OH is 2. The van der Waals surface area contributed by atoms with Crippen LogP contribution in [0.2, 0.25) is 0 Å². The normalized spacial score (nSPS) is 28.8. The number of aliphatic hydroxyl groups is 2. The molecule has 1 aliphatic heterocycles. The first kappa shape index (κ1) is 9.96. The molecule has 0 amide bonds. The summed E-state index contributed by atoms with van der Waals surface area (Å²) >= 11 is 0. The summed E-state index contributed by atoms with van der Waals surface area (Å²) in [7, 11) is 0. The smallest absolute Gasteiger partial charge is 0.0667 e. The van der Waals surface area contributed by atoms with Crippen molar-refractivity contribution in [2.24, 2.45) is 0 Å². The van der Waals surface area contributed by atoms with Crippen LogP contribution in [0.5, 0.6) is 0 Å². The molecular formula is C9H19NO2. The van der Waals surface area contributed by atoms with Gasteiger partial charge in [0, 0.05) is 12.6 Å².